The van der Waals surface area contributed by atoms with Crippen LogP contribution in [0, 0.1) is 11.2 Å². The molecule has 2 aromatic carbocycles. The zero-order valence-electron chi connectivity index (χ0n) is 13.7. The molecule has 1 aliphatic carbocycles. The van der Waals surface area contributed by atoms with Crippen LogP contribution in [0.25, 0.3) is 0 Å². The van der Waals surface area contributed by atoms with E-state index >= 15 is 0 Å². The van der Waals surface area contributed by atoms with Crippen molar-refractivity contribution in [2.75, 3.05) is 12.4 Å². The van der Waals surface area contributed by atoms with Gasteiger partial charge in [-0.2, -0.15) is 0 Å². The van der Waals surface area contributed by atoms with Gasteiger partial charge in [0.25, 0.3) is 0 Å². The first-order chi connectivity index (χ1) is 11.9. The highest BCUT2D eigenvalue weighted by Crippen LogP contribution is 2.40. The van der Waals surface area contributed by atoms with Crippen LogP contribution in [-0.4, -0.2) is 24.1 Å². The summed E-state index contributed by atoms with van der Waals surface area (Å²) in [6.45, 7) is 0. The number of carbonyl (C=O) groups is 2. The summed E-state index contributed by atoms with van der Waals surface area (Å²) in [7, 11) is 1.35. The number of amides is 1. The van der Waals surface area contributed by atoms with Gasteiger partial charge in [-0.15, -0.1) is 0 Å². The maximum absolute atomic E-state index is 13.7. The van der Waals surface area contributed by atoms with Crippen LogP contribution in [0.2, 0.25) is 0 Å². The van der Waals surface area contributed by atoms with Gasteiger partial charge in [0.15, 0.2) is 11.6 Å². The standard InChI is InChI=1S/C19H18FNO4/c1-25-16-7-6-14(8-15(16)20)21-17(22)11-19(18(23)24)9-12-4-2-3-5-13(12)10-19/h2-8H,9-11H2,1H3,(H,21,22)(H,23,24). The van der Waals surface area contributed by atoms with Crippen LogP contribution in [-0.2, 0) is 22.4 Å². The largest absolute Gasteiger partial charge is 0.494 e. The Morgan fingerprint density at radius 3 is 2.36 bits per heavy atom. The highest BCUT2D eigenvalue weighted by Gasteiger charge is 2.45. The molecule has 5 nitrogen and oxygen atoms in total. The van der Waals surface area contributed by atoms with Crippen LogP contribution in [0.5, 0.6) is 5.75 Å². The Morgan fingerprint density at radius 2 is 1.84 bits per heavy atom. The van der Waals surface area contributed by atoms with Crippen molar-refractivity contribution in [2.45, 2.75) is 19.3 Å². The smallest absolute Gasteiger partial charge is 0.310 e. The van der Waals surface area contributed by atoms with Crippen LogP contribution in [0.1, 0.15) is 17.5 Å². The third-order valence-corrected chi connectivity index (χ3v) is 4.56. The number of aliphatic carboxylic acids is 1. The summed E-state index contributed by atoms with van der Waals surface area (Å²) < 4.78 is 18.5. The molecule has 0 unspecified atom stereocenters. The molecule has 2 N–H and O–H groups in total. The molecular weight excluding hydrogens is 325 g/mol. The SMILES string of the molecule is COc1ccc(NC(=O)CC2(C(=O)O)Cc3ccccc3C2)cc1F. The summed E-state index contributed by atoms with van der Waals surface area (Å²) >= 11 is 0. The minimum atomic E-state index is -1.17. The molecule has 0 saturated carbocycles. The van der Waals surface area contributed by atoms with E-state index in [2.05, 4.69) is 5.32 Å². The second-order valence-electron chi connectivity index (χ2n) is 6.28. The van der Waals surface area contributed by atoms with Crippen molar-refractivity contribution in [1.29, 1.82) is 0 Å². The maximum Gasteiger partial charge on any atom is 0.310 e. The highest BCUT2D eigenvalue weighted by atomic mass is 19.1. The van der Waals surface area contributed by atoms with E-state index in [1.54, 1.807) is 0 Å². The Hall–Kier alpha value is -2.89. The number of anilines is 1. The molecule has 6 heteroatoms. The van der Waals surface area contributed by atoms with Crippen molar-refractivity contribution in [3.05, 3.63) is 59.4 Å². The molecule has 0 fully saturated rings. The van der Waals surface area contributed by atoms with E-state index in [1.165, 1.54) is 19.2 Å². The number of nitrogens with one attached hydrogen (secondary N) is 1. The number of fused-ring (bicyclic) bond motifs is 1. The lowest BCUT2D eigenvalue weighted by Gasteiger charge is -2.23. The molecule has 130 valence electrons. The summed E-state index contributed by atoms with van der Waals surface area (Å²) in [6.07, 6.45) is 0.441. The number of methoxy groups -OCH3 is 1. The molecule has 3 rings (SSSR count). The van der Waals surface area contributed by atoms with E-state index in [4.69, 9.17) is 4.74 Å². The predicted molar refractivity (Wildman–Crippen MR) is 90.1 cm³/mol. The quantitative estimate of drug-likeness (QED) is 0.875. The van der Waals surface area contributed by atoms with Gasteiger partial charge in [0.05, 0.1) is 12.5 Å². The second kappa shape index (κ2) is 6.55. The van der Waals surface area contributed by atoms with Gasteiger partial charge >= 0.3 is 5.97 Å². The molecule has 0 bridgehead atoms. The first-order valence-electron chi connectivity index (χ1n) is 7.87. The molecule has 1 amide bonds. The first kappa shape index (κ1) is 17.0. The molecule has 25 heavy (non-hydrogen) atoms. The van der Waals surface area contributed by atoms with Crippen LogP contribution in [0.15, 0.2) is 42.5 Å². The van der Waals surface area contributed by atoms with Gasteiger partial charge in [0.1, 0.15) is 0 Å². The molecular formula is C19H18FNO4. The normalized spacial score (nSPS) is 14.6. The van der Waals surface area contributed by atoms with E-state index in [0.717, 1.165) is 17.2 Å². The number of carboxylic acid groups (broad SMARTS) is 1. The lowest BCUT2D eigenvalue weighted by Crippen LogP contribution is -2.36. The first-order valence-corrected chi connectivity index (χ1v) is 7.87. The van der Waals surface area contributed by atoms with E-state index in [9.17, 15) is 19.1 Å². The van der Waals surface area contributed by atoms with Crippen LogP contribution in [0.4, 0.5) is 10.1 Å². The fraction of sp³-hybridized carbons (Fsp3) is 0.263. The van der Waals surface area contributed by atoms with Crippen molar-refractivity contribution in [1.82, 2.24) is 0 Å². The Bertz CT molecular complexity index is 809. The third kappa shape index (κ3) is 3.33. The molecule has 0 aromatic heterocycles. The van der Waals surface area contributed by atoms with E-state index in [0.29, 0.717) is 12.8 Å². The Labute approximate surface area is 144 Å². The van der Waals surface area contributed by atoms with Crippen LogP contribution >= 0.6 is 0 Å². The van der Waals surface area contributed by atoms with Gasteiger partial charge < -0.3 is 15.2 Å². The number of halogens is 1. The molecule has 0 radical (unpaired) electrons. The number of carbonyl (C=O) groups excluding carboxylic acids is 1. The topological polar surface area (TPSA) is 75.6 Å². The van der Waals surface area contributed by atoms with Gasteiger partial charge in [0, 0.05) is 18.2 Å². The number of hydrogen-bond donors (Lipinski definition) is 2. The molecule has 0 heterocycles. The van der Waals surface area contributed by atoms with Gasteiger partial charge in [0.2, 0.25) is 5.91 Å². The molecule has 1 aliphatic rings. The van der Waals surface area contributed by atoms with Crippen molar-refractivity contribution < 1.29 is 23.8 Å². The minimum Gasteiger partial charge on any atom is -0.494 e. The van der Waals surface area contributed by atoms with Crippen LogP contribution < -0.4 is 10.1 Å². The summed E-state index contributed by atoms with van der Waals surface area (Å²) in [5, 5.41) is 12.3. The maximum atomic E-state index is 13.7. The summed E-state index contributed by atoms with van der Waals surface area (Å²) in [6, 6.07) is 11.6. The Kier molecular flexibility index (Phi) is 4.44. The van der Waals surface area contributed by atoms with Crippen molar-refractivity contribution in [2.24, 2.45) is 5.41 Å². The van der Waals surface area contributed by atoms with Gasteiger partial charge in [-0.05, 0) is 36.1 Å². The molecule has 0 saturated heterocycles. The van der Waals surface area contributed by atoms with Gasteiger partial charge in [-0.1, -0.05) is 24.3 Å². The average Bonchev–Trinajstić information content (AvgIpc) is 2.94. The van der Waals surface area contributed by atoms with Gasteiger partial charge in [-0.25, -0.2) is 4.39 Å². The summed E-state index contributed by atoms with van der Waals surface area (Å²) in [4.78, 5) is 24.2. The van der Waals surface area contributed by atoms with E-state index in [1.807, 2.05) is 24.3 Å². The Morgan fingerprint density at radius 1 is 1.20 bits per heavy atom. The second-order valence-corrected chi connectivity index (χ2v) is 6.28. The van der Waals surface area contributed by atoms with Crippen molar-refractivity contribution in [3.63, 3.8) is 0 Å². The Balaban J connectivity index is 1.75. The number of ether oxygens (including phenoxy) is 1. The highest BCUT2D eigenvalue weighted by molar-refractivity contribution is 5.94. The molecule has 2 aromatic rings. The molecule has 0 aliphatic heterocycles. The summed E-state index contributed by atoms with van der Waals surface area (Å²) in [5.41, 5.74) is 0.999. The van der Waals surface area contributed by atoms with Gasteiger partial charge in [-0.3, -0.25) is 9.59 Å². The summed E-state index contributed by atoms with van der Waals surface area (Å²) in [5.74, 6) is -1.98. The molecule has 0 atom stereocenters. The van der Waals surface area contributed by atoms with Crippen molar-refractivity contribution >= 4 is 17.6 Å². The number of rotatable bonds is 5. The monoisotopic (exact) mass is 343 g/mol. The number of benzene rings is 2. The van der Waals surface area contributed by atoms with Crippen LogP contribution in [0.3, 0.4) is 0 Å². The minimum absolute atomic E-state index is 0.0752. The predicted octanol–water partition coefficient (Wildman–Crippen LogP) is 3.03. The fourth-order valence-electron chi connectivity index (χ4n) is 3.30. The van der Waals surface area contributed by atoms with E-state index in [-0.39, 0.29) is 17.9 Å². The van der Waals surface area contributed by atoms with E-state index < -0.39 is 23.1 Å². The number of carboxylic acids is 1. The zero-order valence-corrected chi connectivity index (χ0v) is 13.7. The third-order valence-electron chi connectivity index (χ3n) is 4.56. The number of hydrogen-bond acceptors (Lipinski definition) is 3. The average molecular weight is 343 g/mol. The lowest BCUT2D eigenvalue weighted by atomic mass is 9.81. The zero-order chi connectivity index (χ0) is 18.0. The molecule has 0 spiro atoms. The fourth-order valence-corrected chi connectivity index (χ4v) is 3.30. The van der Waals surface area contributed by atoms with Crippen molar-refractivity contribution in [3.8, 4) is 5.75 Å². The lowest BCUT2D eigenvalue weighted by molar-refractivity contribution is -0.150.